The Morgan fingerprint density at radius 2 is 1.70 bits per heavy atom. The van der Waals surface area contributed by atoms with E-state index in [0.29, 0.717) is 16.8 Å². The van der Waals surface area contributed by atoms with E-state index in [1.54, 1.807) is 51.1 Å². The third kappa shape index (κ3) is 5.89. The molecule has 0 aliphatic rings. The van der Waals surface area contributed by atoms with Gasteiger partial charge in [0.25, 0.3) is 5.69 Å². The minimum Gasteiger partial charge on any atom is -0.462 e. The van der Waals surface area contributed by atoms with Crippen LogP contribution in [-0.4, -0.2) is 30.7 Å². The Bertz CT molecular complexity index is 908. The SMILES string of the molecule is CCOC(=O)c1ccc(NC(c2cccc([N+](=O)[O-])c2)P(=O)(OCC)OCC)cc1. The molecule has 0 aliphatic heterocycles. The van der Waals surface area contributed by atoms with Gasteiger partial charge in [-0.1, -0.05) is 12.1 Å². The lowest BCUT2D eigenvalue weighted by Gasteiger charge is -2.28. The number of non-ortho nitro benzene ring substituents is 1. The molecule has 10 heteroatoms. The Morgan fingerprint density at radius 1 is 1.07 bits per heavy atom. The summed E-state index contributed by atoms with van der Waals surface area (Å²) >= 11 is 0. The van der Waals surface area contributed by atoms with Crippen LogP contribution < -0.4 is 5.32 Å². The van der Waals surface area contributed by atoms with Gasteiger partial charge in [0.15, 0.2) is 5.78 Å². The van der Waals surface area contributed by atoms with Gasteiger partial charge in [0.2, 0.25) is 0 Å². The van der Waals surface area contributed by atoms with Crippen LogP contribution in [0.2, 0.25) is 0 Å². The van der Waals surface area contributed by atoms with Crippen molar-refractivity contribution in [1.82, 2.24) is 0 Å². The molecule has 30 heavy (non-hydrogen) atoms. The molecule has 2 rings (SSSR count). The van der Waals surface area contributed by atoms with Crippen LogP contribution in [0.4, 0.5) is 11.4 Å². The molecule has 0 fully saturated rings. The summed E-state index contributed by atoms with van der Waals surface area (Å²) in [6, 6.07) is 12.2. The van der Waals surface area contributed by atoms with E-state index < -0.39 is 24.3 Å². The molecule has 0 heterocycles. The quantitative estimate of drug-likeness (QED) is 0.222. The van der Waals surface area contributed by atoms with Crippen LogP contribution in [0.5, 0.6) is 0 Å². The fourth-order valence-electron chi connectivity index (χ4n) is 2.77. The van der Waals surface area contributed by atoms with E-state index in [1.165, 1.54) is 18.2 Å². The van der Waals surface area contributed by atoms with Crippen molar-refractivity contribution in [2.24, 2.45) is 0 Å². The number of ether oxygens (including phenoxy) is 1. The Morgan fingerprint density at radius 3 is 2.23 bits per heavy atom. The first kappa shape index (κ1) is 23.5. The van der Waals surface area contributed by atoms with Crippen molar-refractivity contribution < 1.29 is 28.1 Å². The summed E-state index contributed by atoms with van der Waals surface area (Å²) < 4.78 is 29.4. The van der Waals surface area contributed by atoms with Crippen molar-refractivity contribution in [3.05, 3.63) is 69.8 Å². The molecule has 0 radical (unpaired) electrons. The predicted molar refractivity (Wildman–Crippen MR) is 113 cm³/mol. The summed E-state index contributed by atoms with van der Waals surface area (Å²) in [5.41, 5.74) is 1.13. The highest BCUT2D eigenvalue weighted by atomic mass is 31.2. The van der Waals surface area contributed by atoms with Crippen molar-refractivity contribution in [2.75, 3.05) is 25.1 Å². The third-order valence-corrected chi connectivity index (χ3v) is 6.33. The van der Waals surface area contributed by atoms with E-state index in [4.69, 9.17) is 13.8 Å². The van der Waals surface area contributed by atoms with Crippen molar-refractivity contribution in [3.8, 4) is 0 Å². The van der Waals surface area contributed by atoms with Crippen LogP contribution in [0.25, 0.3) is 0 Å². The van der Waals surface area contributed by atoms with Gasteiger partial charge >= 0.3 is 13.6 Å². The fraction of sp³-hybridized carbons (Fsp3) is 0.350. The number of hydrogen-bond acceptors (Lipinski definition) is 8. The van der Waals surface area contributed by atoms with Gasteiger partial charge in [0, 0.05) is 17.8 Å². The second-order valence-electron chi connectivity index (χ2n) is 6.07. The van der Waals surface area contributed by atoms with Crippen molar-refractivity contribution in [1.29, 1.82) is 0 Å². The summed E-state index contributed by atoms with van der Waals surface area (Å²) in [4.78, 5) is 22.5. The van der Waals surface area contributed by atoms with Gasteiger partial charge in [-0.3, -0.25) is 14.7 Å². The predicted octanol–water partition coefficient (Wildman–Crippen LogP) is 5.15. The zero-order chi connectivity index (χ0) is 22.1. The highest BCUT2D eigenvalue weighted by molar-refractivity contribution is 7.54. The zero-order valence-corrected chi connectivity index (χ0v) is 18.0. The Labute approximate surface area is 175 Å². The molecule has 9 nitrogen and oxygen atoms in total. The van der Waals surface area contributed by atoms with Gasteiger partial charge in [-0.15, -0.1) is 0 Å². The van der Waals surface area contributed by atoms with Gasteiger partial charge in [0.05, 0.1) is 30.3 Å². The smallest absolute Gasteiger partial charge is 0.357 e. The highest BCUT2D eigenvalue weighted by Crippen LogP contribution is 2.61. The number of nitro benzene ring substituents is 1. The molecule has 0 amide bonds. The van der Waals surface area contributed by atoms with Crippen LogP contribution in [0.1, 0.15) is 42.5 Å². The summed E-state index contributed by atoms with van der Waals surface area (Å²) in [5.74, 6) is -1.45. The van der Waals surface area contributed by atoms with Gasteiger partial charge in [-0.05, 0) is 50.6 Å². The number of anilines is 1. The van der Waals surface area contributed by atoms with Crippen molar-refractivity contribution in [3.63, 3.8) is 0 Å². The first-order valence-corrected chi connectivity index (χ1v) is 11.1. The number of nitrogens with one attached hydrogen (secondary N) is 1. The molecule has 0 aliphatic carbocycles. The maximum atomic E-state index is 13.5. The van der Waals surface area contributed by atoms with Crippen LogP contribution >= 0.6 is 7.60 Å². The first-order chi connectivity index (χ1) is 14.3. The molecule has 0 bridgehead atoms. The van der Waals surface area contributed by atoms with E-state index in [2.05, 4.69) is 5.32 Å². The molecule has 2 aromatic carbocycles. The van der Waals surface area contributed by atoms with Crippen LogP contribution in [0.3, 0.4) is 0 Å². The summed E-state index contributed by atoms with van der Waals surface area (Å²) in [6.07, 6.45) is 0. The third-order valence-electron chi connectivity index (χ3n) is 4.03. The average Bonchev–Trinajstić information content (AvgIpc) is 2.73. The van der Waals surface area contributed by atoms with Gasteiger partial charge < -0.3 is 19.1 Å². The molecular weight excluding hydrogens is 411 g/mol. The minimum absolute atomic E-state index is 0.131. The number of carbonyl (C=O) groups is 1. The van der Waals surface area contributed by atoms with E-state index in [9.17, 15) is 19.5 Å². The first-order valence-electron chi connectivity index (χ1n) is 9.51. The van der Waals surface area contributed by atoms with Gasteiger partial charge in [-0.25, -0.2) is 4.79 Å². The topological polar surface area (TPSA) is 117 Å². The van der Waals surface area contributed by atoms with E-state index >= 15 is 0 Å². The van der Waals surface area contributed by atoms with Crippen molar-refractivity contribution >= 4 is 24.9 Å². The fourth-order valence-corrected chi connectivity index (χ4v) is 4.70. The molecule has 162 valence electrons. The van der Waals surface area contributed by atoms with Crippen LogP contribution in [-0.2, 0) is 18.3 Å². The van der Waals surface area contributed by atoms with Gasteiger partial charge in [0.1, 0.15) is 0 Å². The molecule has 0 aromatic heterocycles. The van der Waals surface area contributed by atoms with Gasteiger partial charge in [-0.2, -0.15) is 0 Å². The largest absolute Gasteiger partial charge is 0.462 e. The summed E-state index contributed by atoms with van der Waals surface area (Å²) in [5, 5.41) is 14.3. The number of carbonyl (C=O) groups excluding carboxylic acids is 1. The standard InChI is InChI=1S/C20H25N2O7P/c1-4-27-20(23)15-10-12-17(13-11-15)21-19(30(26,28-5-2)29-6-3)16-8-7-9-18(14-16)22(24)25/h7-14,19,21H,4-6H2,1-3H3. The Kier molecular flexibility index (Phi) is 8.53. The van der Waals surface area contributed by atoms with Crippen molar-refractivity contribution in [2.45, 2.75) is 26.6 Å². The highest BCUT2D eigenvalue weighted by Gasteiger charge is 2.37. The average molecular weight is 436 g/mol. The number of benzene rings is 2. The second-order valence-corrected chi connectivity index (χ2v) is 8.18. The lowest BCUT2D eigenvalue weighted by Crippen LogP contribution is -2.15. The minimum atomic E-state index is -3.73. The maximum absolute atomic E-state index is 13.5. The molecule has 0 saturated carbocycles. The number of hydrogen-bond donors (Lipinski definition) is 1. The maximum Gasteiger partial charge on any atom is 0.357 e. The molecular formula is C20H25N2O7P. The number of nitrogens with zero attached hydrogens (tertiary/aromatic N) is 1. The van der Waals surface area contributed by atoms with E-state index in [1.807, 2.05) is 0 Å². The lowest BCUT2D eigenvalue weighted by molar-refractivity contribution is -0.384. The molecule has 1 unspecified atom stereocenters. The molecule has 2 aromatic rings. The molecule has 1 N–H and O–H groups in total. The van der Waals surface area contributed by atoms with E-state index in [0.717, 1.165) is 0 Å². The Hall–Kier alpha value is -2.74. The summed E-state index contributed by atoms with van der Waals surface area (Å²) in [7, 11) is -3.73. The number of nitro groups is 1. The molecule has 0 spiro atoms. The van der Waals surface area contributed by atoms with Crippen LogP contribution in [0, 0.1) is 10.1 Å². The van der Waals surface area contributed by atoms with E-state index in [-0.39, 0.29) is 25.5 Å². The second kappa shape index (κ2) is 10.9. The number of rotatable bonds is 11. The molecule has 1 atom stereocenters. The monoisotopic (exact) mass is 436 g/mol. The van der Waals surface area contributed by atoms with Crippen LogP contribution in [0.15, 0.2) is 48.5 Å². The zero-order valence-electron chi connectivity index (χ0n) is 17.1. The summed E-state index contributed by atoms with van der Waals surface area (Å²) in [6.45, 7) is 5.61. The lowest BCUT2D eigenvalue weighted by atomic mass is 10.1. The number of esters is 1. The Balaban J connectivity index is 2.43. The molecule has 0 saturated heterocycles. The normalized spacial score (nSPS) is 12.2.